The lowest BCUT2D eigenvalue weighted by molar-refractivity contribution is 0.669. The van der Waals surface area contributed by atoms with Gasteiger partial charge in [0.1, 0.15) is 11.2 Å². The number of fused-ring (bicyclic) bond motifs is 6. The third-order valence-electron chi connectivity index (χ3n) is 12.4. The van der Waals surface area contributed by atoms with Crippen molar-refractivity contribution in [3.63, 3.8) is 0 Å². The van der Waals surface area contributed by atoms with Gasteiger partial charge in [-0.15, -0.1) is 0 Å². The summed E-state index contributed by atoms with van der Waals surface area (Å²) < 4.78 is 8.62. The van der Waals surface area contributed by atoms with Crippen molar-refractivity contribution in [2.75, 3.05) is 4.90 Å². The molecule has 0 aliphatic rings. The fourth-order valence-corrected chi connectivity index (χ4v) is 9.30. The summed E-state index contributed by atoms with van der Waals surface area (Å²) in [4.78, 5) is 2.33. The minimum absolute atomic E-state index is 0.899. The molecule has 296 valence electrons. The van der Waals surface area contributed by atoms with E-state index in [-0.39, 0.29) is 0 Å². The zero-order valence-electron chi connectivity index (χ0n) is 34.4. The van der Waals surface area contributed by atoms with Gasteiger partial charge in [-0.25, -0.2) is 0 Å². The molecule has 0 saturated carbocycles. The van der Waals surface area contributed by atoms with Crippen LogP contribution in [-0.2, 0) is 0 Å². The van der Waals surface area contributed by atoms with Crippen LogP contribution in [0.1, 0.15) is 0 Å². The van der Waals surface area contributed by atoms with Crippen LogP contribution in [0.2, 0.25) is 0 Å². The predicted octanol–water partition coefficient (Wildman–Crippen LogP) is 16.8. The average Bonchev–Trinajstić information content (AvgIpc) is 3.91. The molecule has 0 atom stereocenters. The van der Waals surface area contributed by atoms with Gasteiger partial charge in [-0.1, -0.05) is 158 Å². The van der Waals surface area contributed by atoms with Crippen LogP contribution in [0.3, 0.4) is 0 Å². The molecule has 12 aromatic rings. The lowest BCUT2D eigenvalue weighted by Crippen LogP contribution is -2.09. The van der Waals surface area contributed by atoms with Gasteiger partial charge in [0.25, 0.3) is 0 Å². The molecule has 0 amide bonds. The third kappa shape index (κ3) is 6.55. The number of furan rings is 1. The fourth-order valence-electron chi connectivity index (χ4n) is 9.30. The van der Waals surface area contributed by atoms with Gasteiger partial charge in [-0.3, -0.25) is 0 Å². The highest BCUT2D eigenvalue weighted by Crippen LogP contribution is 2.40. The molecule has 0 saturated heterocycles. The molecular weight excluding hydrogens is 765 g/mol. The molecule has 12 rings (SSSR count). The second kappa shape index (κ2) is 15.3. The van der Waals surface area contributed by atoms with E-state index in [0.29, 0.717) is 0 Å². The van der Waals surface area contributed by atoms with E-state index in [2.05, 4.69) is 240 Å². The summed E-state index contributed by atoms with van der Waals surface area (Å²) in [5.74, 6) is 0. The molecule has 0 spiro atoms. The molecule has 0 N–H and O–H groups in total. The standard InChI is InChI=1S/C60H40N2O/c1-2-12-41(13-3-1)42-24-31-49(32-25-42)61(51-35-28-44(29-36-51)48-30-37-56-55-20-6-9-23-59(55)63-60(56)40-48)50-33-26-43(27-34-50)45-14-10-15-46(38-45)47-16-11-17-52(39-47)62-57-21-7-4-18-53(57)54-19-5-8-22-58(54)62/h1-40H. The third-order valence-corrected chi connectivity index (χ3v) is 12.4. The molecule has 0 radical (unpaired) electrons. The Bertz CT molecular complexity index is 3550. The largest absolute Gasteiger partial charge is 0.456 e. The predicted molar refractivity (Wildman–Crippen MR) is 264 cm³/mol. The number of hydrogen-bond donors (Lipinski definition) is 0. The van der Waals surface area contributed by atoms with E-state index in [1.807, 2.05) is 12.1 Å². The van der Waals surface area contributed by atoms with Gasteiger partial charge < -0.3 is 13.9 Å². The molecule has 63 heavy (non-hydrogen) atoms. The van der Waals surface area contributed by atoms with Crippen molar-refractivity contribution >= 4 is 60.8 Å². The molecule has 2 aromatic heterocycles. The zero-order chi connectivity index (χ0) is 41.7. The molecule has 2 heterocycles. The van der Waals surface area contributed by atoms with Crippen LogP contribution < -0.4 is 4.90 Å². The quantitative estimate of drug-likeness (QED) is 0.153. The SMILES string of the molecule is c1ccc(-c2ccc(N(c3ccc(-c4cccc(-c5cccc(-n6c7ccccc7c7ccccc76)c5)c4)cc3)c3ccc(-c4ccc5c(c4)oc4ccccc45)cc3)cc2)cc1. The van der Waals surface area contributed by atoms with E-state index < -0.39 is 0 Å². The molecule has 0 aliphatic heterocycles. The second-order valence-corrected chi connectivity index (χ2v) is 16.2. The van der Waals surface area contributed by atoms with Gasteiger partial charge >= 0.3 is 0 Å². The first-order chi connectivity index (χ1) is 31.2. The van der Waals surface area contributed by atoms with Crippen molar-refractivity contribution in [3.8, 4) is 50.2 Å². The molecule has 0 fully saturated rings. The Balaban J connectivity index is 0.878. The molecular formula is C60H40N2O. The fraction of sp³-hybridized carbons (Fsp3) is 0. The molecule has 0 bridgehead atoms. The van der Waals surface area contributed by atoms with Crippen molar-refractivity contribution in [1.29, 1.82) is 0 Å². The first-order valence-electron chi connectivity index (χ1n) is 21.5. The van der Waals surface area contributed by atoms with Gasteiger partial charge in [-0.2, -0.15) is 0 Å². The van der Waals surface area contributed by atoms with Gasteiger partial charge in [0.2, 0.25) is 0 Å². The summed E-state index contributed by atoms with van der Waals surface area (Å²) >= 11 is 0. The Morgan fingerprint density at radius 1 is 0.270 bits per heavy atom. The van der Waals surface area contributed by atoms with Crippen LogP contribution in [0.25, 0.3) is 93.9 Å². The van der Waals surface area contributed by atoms with E-state index in [9.17, 15) is 0 Å². The summed E-state index contributed by atoms with van der Waals surface area (Å²) in [6, 6.07) is 87.1. The van der Waals surface area contributed by atoms with Gasteiger partial charge in [0.05, 0.1) is 11.0 Å². The Labute approximate surface area is 366 Å². The molecule has 3 heteroatoms. The summed E-state index contributed by atoms with van der Waals surface area (Å²) in [6.07, 6.45) is 0. The van der Waals surface area contributed by atoms with Crippen molar-refractivity contribution in [1.82, 2.24) is 4.57 Å². The summed E-state index contributed by atoms with van der Waals surface area (Å²) in [5, 5.41) is 4.81. The molecule has 0 unspecified atom stereocenters. The molecule has 3 nitrogen and oxygen atoms in total. The number of nitrogens with zero attached hydrogens (tertiary/aromatic N) is 2. The van der Waals surface area contributed by atoms with Crippen LogP contribution in [0.5, 0.6) is 0 Å². The topological polar surface area (TPSA) is 21.3 Å². The Hall–Kier alpha value is -8.40. The van der Waals surface area contributed by atoms with Crippen LogP contribution in [-0.4, -0.2) is 4.57 Å². The second-order valence-electron chi connectivity index (χ2n) is 16.2. The number of benzene rings is 10. The van der Waals surface area contributed by atoms with Gasteiger partial charge in [0.15, 0.2) is 0 Å². The highest BCUT2D eigenvalue weighted by atomic mass is 16.3. The van der Waals surface area contributed by atoms with Crippen LogP contribution in [0.4, 0.5) is 17.1 Å². The zero-order valence-corrected chi connectivity index (χ0v) is 34.4. The summed E-state index contributed by atoms with van der Waals surface area (Å²) in [7, 11) is 0. The lowest BCUT2D eigenvalue weighted by atomic mass is 9.98. The van der Waals surface area contributed by atoms with Crippen molar-refractivity contribution < 1.29 is 4.42 Å². The first kappa shape index (κ1) is 36.5. The van der Waals surface area contributed by atoms with E-state index >= 15 is 0 Å². The van der Waals surface area contributed by atoms with Crippen LogP contribution in [0, 0.1) is 0 Å². The van der Waals surface area contributed by atoms with Crippen LogP contribution >= 0.6 is 0 Å². The Morgan fingerprint density at radius 3 is 1.30 bits per heavy atom. The maximum atomic E-state index is 6.24. The van der Waals surface area contributed by atoms with E-state index in [1.165, 1.54) is 49.6 Å². The number of rotatable bonds is 8. The maximum Gasteiger partial charge on any atom is 0.136 e. The van der Waals surface area contributed by atoms with E-state index in [4.69, 9.17) is 4.42 Å². The molecule has 0 aliphatic carbocycles. The minimum Gasteiger partial charge on any atom is -0.456 e. The van der Waals surface area contributed by atoms with E-state index in [0.717, 1.165) is 61.4 Å². The highest BCUT2D eigenvalue weighted by molar-refractivity contribution is 6.09. The smallest absolute Gasteiger partial charge is 0.136 e. The van der Waals surface area contributed by atoms with Crippen molar-refractivity contribution in [2.45, 2.75) is 0 Å². The summed E-state index contributed by atoms with van der Waals surface area (Å²) in [6.45, 7) is 0. The number of hydrogen-bond acceptors (Lipinski definition) is 2. The number of aromatic nitrogens is 1. The van der Waals surface area contributed by atoms with Crippen LogP contribution in [0.15, 0.2) is 247 Å². The van der Waals surface area contributed by atoms with Crippen molar-refractivity contribution in [2.24, 2.45) is 0 Å². The minimum atomic E-state index is 0.899. The van der Waals surface area contributed by atoms with E-state index in [1.54, 1.807) is 0 Å². The van der Waals surface area contributed by atoms with Crippen molar-refractivity contribution in [3.05, 3.63) is 243 Å². The number of anilines is 3. The summed E-state index contributed by atoms with van der Waals surface area (Å²) in [5.41, 5.74) is 18.0. The van der Waals surface area contributed by atoms with Gasteiger partial charge in [0, 0.05) is 44.3 Å². The highest BCUT2D eigenvalue weighted by Gasteiger charge is 2.16. The number of para-hydroxylation sites is 3. The normalized spacial score (nSPS) is 11.5. The van der Waals surface area contributed by atoms with Gasteiger partial charge in [-0.05, 0) is 129 Å². The Kier molecular flexibility index (Phi) is 8.83. The molecule has 10 aromatic carbocycles. The monoisotopic (exact) mass is 804 g/mol. The maximum absolute atomic E-state index is 6.24. The average molecular weight is 805 g/mol. The lowest BCUT2D eigenvalue weighted by Gasteiger charge is -2.26. The Morgan fingerprint density at radius 2 is 0.683 bits per heavy atom. The first-order valence-corrected chi connectivity index (χ1v) is 21.5.